The molecule has 5 nitrogen and oxygen atoms in total. The molecule has 2 aromatic carbocycles. The lowest BCUT2D eigenvalue weighted by Crippen LogP contribution is -2.31. The van der Waals surface area contributed by atoms with Crippen LogP contribution >= 0.6 is 22.9 Å². The highest BCUT2D eigenvalue weighted by Crippen LogP contribution is 2.43. The lowest BCUT2D eigenvalue weighted by Gasteiger charge is -2.25. The summed E-state index contributed by atoms with van der Waals surface area (Å²) in [6, 6.07) is 14.2. The van der Waals surface area contributed by atoms with Gasteiger partial charge in [-0.1, -0.05) is 37.6 Å². The van der Waals surface area contributed by atoms with Crippen LogP contribution < -0.4 is 4.74 Å². The summed E-state index contributed by atoms with van der Waals surface area (Å²) in [7, 11) is 0. The number of Topliss-reactive ketones (excluding diaryl/α,β-unsaturated/α-hetero) is 1. The van der Waals surface area contributed by atoms with Gasteiger partial charge < -0.3 is 14.7 Å². The monoisotopic (exact) mass is 523 g/mol. The number of thiophene rings is 1. The van der Waals surface area contributed by atoms with E-state index in [9.17, 15) is 14.7 Å². The number of halogens is 1. The van der Waals surface area contributed by atoms with Gasteiger partial charge in [0.1, 0.15) is 11.5 Å². The first kappa shape index (κ1) is 26.0. The highest BCUT2D eigenvalue weighted by Gasteiger charge is 2.46. The van der Waals surface area contributed by atoms with Crippen LogP contribution in [0.4, 0.5) is 0 Å². The molecule has 188 valence electrons. The van der Waals surface area contributed by atoms with Gasteiger partial charge >= 0.3 is 0 Å². The van der Waals surface area contributed by atoms with Gasteiger partial charge in [-0.05, 0) is 84.7 Å². The highest BCUT2D eigenvalue weighted by molar-refractivity contribution is 7.10. The number of ether oxygens (including phenoxy) is 1. The molecule has 2 heterocycles. The number of amides is 1. The minimum absolute atomic E-state index is 0.125. The Morgan fingerprint density at radius 3 is 2.47 bits per heavy atom. The van der Waals surface area contributed by atoms with Crippen molar-refractivity contribution in [3.8, 4) is 5.75 Å². The number of hydrogen-bond acceptors (Lipinski definition) is 5. The maximum atomic E-state index is 13.3. The minimum atomic E-state index is -0.665. The number of aliphatic hydroxyl groups is 1. The van der Waals surface area contributed by atoms with E-state index in [4.69, 9.17) is 16.3 Å². The lowest BCUT2D eigenvalue weighted by atomic mass is 9.94. The van der Waals surface area contributed by atoms with Crippen molar-refractivity contribution in [3.63, 3.8) is 0 Å². The van der Waals surface area contributed by atoms with Crippen molar-refractivity contribution < 1.29 is 19.4 Å². The van der Waals surface area contributed by atoms with Gasteiger partial charge in [-0.2, -0.15) is 0 Å². The van der Waals surface area contributed by atoms with Gasteiger partial charge in [-0.25, -0.2) is 0 Å². The molecule has 36 heavy (non-hydrogen) atoms. The van der Waals surface area contributed by atoms with E-state index in [1.165, 1.54) is 11.3 Å². The molecule has 1 amide bonds. The van der Waals surface area contributed by atoms with Crippen molar-refractivity contribution in [2.75, 3.05) is 13.2 Å². The van der Waals surface area contributed by atoms with Gasteiger partial charge in [-0.15, -0.1) is 11.3 Å². The number of hydrogen-bond donors (Lipinski definition) is 1. The minimum Gasteiger partial charge on any atom is -0.507 e. The van der Waals surface area contributed by atoms with E-state index in [1.54, 1.807) is 11.0 Å². The molecule has 0 bridgehead atoms. The predicted molar refractivity (Wildman–Crippen MR) is 145 cm³/mol. The summed E-state index contributed by atoms with van der Waals surface area (Å²) >= 11 is 7.49. The van der Waals surface area contributed by atoms with Crippen LogP contribution in [0.15, 0.2) is 59.5 Å². The molecule has 0 radical (unpaired) electrons. The van der Waals surface area contributed by atoms with Crippen LogP contribution in [-0.4, -0.2) is 34.8 Å². The first-order valence-corrected chi connectivity index (χ1v) is 13.3. The molecule has 0 saturated carbocycles. The number of aliphatic hydroxyl groups excluding tert-OH is 1. The average molecular weight is 524 g/mol. The Kier molecular flexibility index (Phi) is 7.86. The summed E-state index contributed by atoms with van der Waals surface area (Å²) in [4.78, 5) is 29.1. The molecule has 7 heteroatoms. The topological polar surface area (TPSA) is 66.8 Å². The Hall–Kier alpha value is -3.09. The van der Waals surface area contributed by atoms with E-state index in [0.717, 1.165) is 27.3 Å². The third kappa shape index (κ3) is 5.06. The maximum Gasteiger partial charge on any atom is 0.295 e. The van der Waals surface area contributed by atoms with E-state index in [0.29, 0.717) is 30.2 Å². The maximum absolute atomic E-state index is 13.3. The van der Waals surface area contributed by atoms with Crippen LogP contribution in [0.25, 0.3) is 5.76 Å². The van der Waals surface area contributed by atoms with E-state index in [-0.39, 0.29) is 17.3 Å². The van der Waals surface area contributed by atoms with Gasteiger partial charge in [-0.3, -0.25) is 9.59 Å². The molecule has 0 spiro atoms. The molecule has 1 N–H and O–H groups in total. The summed E-state index contributed by atoms with van der Waals surface area (Å²) in [5.41, 5.74) is 3.54. The number of benzene rings is 2. The Bertz CT molecular complexity index is 1310. The fourth-order valence-electron chi connectivity index (χ4n) is 4.54. The number of likely N-dealkylation sites (tertiary alicyclic amines) is 1. The molecular weight excluding hydrogens is 494 g/mol. The van der Waals surface area contributed by atoms with Gasteiger partial charge in [0.15, 0.2) is 0 Å². The van der Waals surface area contributed by atoms with Crippen molar-refractivity contribution in [2.45, 2.75) is 46.1 Å². The molecule has 4 rings (SSSR count). The molecule has 1 aliphatic heterocycles. The van der Waals surface area contributed by atoms with Gasteiger partial charge in [0.05, 0.1) is 18.2 Å². The van der Waals surface area contributed by atoms with E-state index < -0.39 is 17.7 Å². The Labute approximate surface area is 221 Å². The summed E-state index contributed by atoms with van der Waals surface area (Å²) in [6.07, 6.45) is 0.561. The molecular formula is C29H30ClNO4S. The second kappa shape index (κ2) is 10.9. The first-order valence-electron chi connectivity index (χ1n) is 12.1. The smallest absolute Gasteiger partial charge is 0.295 e. The zero-order valence-corrected chi connectivity index (χ0v) is 22.4. The van der Waals surface area contributed by atoms with Crippen LogP contribution in [0.1, 0.15) is 59.9 Å². The fraction of sp³-hybridized carbons (Fsp3) is 0.310. The molecule has 1 saturated heterocycles. The average Bonchev–Trinajstić information content (AvgIpc) is 3.38. The van der Waals surface area contributed by atoms with Crippen molar-refractivity contribution >= 4 is 40.4 Å². The highest BCUT2D eigenvalue weighted by atomic mass is 35.5. The molecule has 1 unspecified atom stereocenters. The Morgan fingerprint density at radius 1 is 1.14 bits per heavy atom. The third-order valence-corrected chi connectivity index (χ3v) is 7.77. The second-order valence-electron chi connectivity index (χ2n) is 9.18. The van der Waals surface area contributed by atoms with Gasteiger partial charge in [0, 0.05) is 22.0 Å². The summed E-state index contributed by atoms with van der Waals surface area (Å²) in [5, 5.41) is 14.0. The first-order chi connectivity index (χ1) is 17.2. The normalized spacial score (nSPS) is 17.3. The summed E-state index contributed by atoms with van der Waals surface area (Å²) in [6.45, 7) is 8.84. The molecule has 3 aromatic rings. The second-order valence-corrected chi connectivity index (χ2v) is 10.6. The predicted octanol–water partition coefficient (Wildman–Crippen LogP) is 6.90. The van der Waals surface area contributed by atoms with E-state index in [2.05, 4.69) is 0 Å². The van der Waals surface area contributed by atoms with Crippen LogP contribution in [0.2, 0.25) is 5.02 Å². The summed E-state index contributed by atoms with van der Waals surface area (Å²) < 4.78 is 5.76. The van der Waals surface area contributed by atoms with Crippen LogP contribution in [0.3, 0.4) is 0 Å². The molecule has 0 aliphatic carbocycles. The zero-order valence-electron chi connectivity index (χ0n) is 20.9. The van der Waals surface area contributed by atoms with Crippen molar-refractivity contribution in [2.24, 2.45) is 0 Å². The van der Waals surface area contributed by atoms with Crippen LogP contribution in [0, 0.1) is 6.92 Å². The van der Waals surface area contributed by atoms with Crippen molar-refractivity contribution in [3.05, 3.63) is 91.6 Å². The van der Waals surface area contributed by atoms with Crippen molar-refractivity contribution in [1.29, 1.82) is 0 Å². The zero-order chi connectivity index (χ0) is 26.0. The SMILES string of the molecule is CCOc1ccc(/C(O)=C2/C(=O)C(=O)N(CCc3ccc(Cl)cc3)C2c2sccc2C)cc1C(C)C. The Balaban J connectivity index is 1.78. The number of carbonyl (C=O) groups is 2. The third-order valence-electron chi connectivity index (χ3n) is 6.45. The standard InChI is InChI=1S/C29H30ClNO4S/c1-5-35-23-11-8-20(16-22(23)17(2)3)26(32)24-25(28-18(4)13-15-36-28)31(29(34)27(24)33)14-12-19-6-9-21(30)10-7-19/h6-11,13,15-17,25,32H,5,12,14H2,1-4H3/b26-24-. The van der Waals surface area contributed by atoms with Gasteiger partial charge in [0.2, 0.25) is 0 Å². The van der Waals surface area contributed by atoms with Gasteiger partial charge in [0.25, 0.3) is 11.7 Å². The number of nitrogens with zero attached hydrogens (tertiary/aromatic N) is 1. The quantitative estimate of drug-likeness (QED) is 0.198. The number of ketones is 1. The number of rotatable bonds is 8. The van der Waals surface area contributed by atoms with E-state index in [1.807, 2.05) is 75.5 Å². The Morgan fingerprint density at radius 2 is 1.86 bits per heavy atom. The largest absolute Gasteiger partial charge is 0.507 e. The molecule has 1 aliphatic rings. The molecule has 1 aromatic heterocycles. The molecule has 1 fully saturated rings. The van der Waals surface area contributed by atoms with Crippen molar-refractivity contribution in [1.82, 2.24) is 4.90 Å². The number of carbonyl (C=O) groups excluding carboxylic acids is 2. The van der Waals surface area contributed by atoms with Crippen LogP contribution in [0.5, 0.6) is 5.75 Å². The molecule has 1 atom stereocenters. The lowest BCUT2D eigenvalue weighted by molar-refractivity contribution is -0.139. The summed E-state index contributed by atoms with van der Waals surface area (Å²) in [5.74, 6) is -0.528. The van der Waals surface area contributed by atoms with E-state index >= 15 is 0 Å². The van der Waals surface area contributed by atoms with Crippen LogP contribution in [-0.2, 0) is 16.0 Å². The fourth-order valence-corrected chi connectivity index (χ4v) is 5.71. The number of aryl methyl sites for hydroxylation is 1.